The van der Waals surface area contributed by atoms with Gasteiger partial charge in [0.15, 0.2) is 0 Å². The van der Waals surface area contributed by atoms with Gasteiger partial charge in [0.2, 0.25) is 0 Å². The summed E-state index contributed by atoms with van der Waals surface area (Å²) >= 11 is 0. The number of imide groups is 1. The number of carbonyl (C=O) groups excluding carboxylic acids is 2. The number of alkyl carbamates (subject to hydrolysis) is 1. The minimum atomic E-state index is -4.51. The van der Waals surface area contributed by atoms with Crippen molar-refractivity contribution in [3.05, 3.63) is 54.8 Å². The third-order valence-corrected chi connectivity index (χ3v) is 2.43. The predicted molar refractivity (Wildman–Crippen MR) is 96.5 cm³/mol. The Morgan fingerprint density at radius 3 is 2.37 bits per heavy atom. The topological polar surface area (TPSA) is 91.2 Å². The highest BCUT2D eigenvalue weighted by atomic mass is 19.4. The van der Waals surface area contributed by atoms with Gasteiger partial charge in [-0.2, -0.15) is 18.4 Å². The Labute approximate surface area is 156 Å². The van der Waals surface area contributed by atoms with Crippen molar-refractivity contribution < 1.29 is 27.5 Å². The number of halogens is 3. The fourth-order valence-electron chi connectivity index (χ4n) is 1.42. The molecule has 2 amide bonds. The predicted octanol–water partition coefficient (Wildman–Crippen LogP) is 4.63. The van der Waals surface area contributed by atoms with Crippen LogP contribution in [0.3, 0.4) is 0 Å². The molecular weight excluding hydrogens is 363 g/mol. The van der Waals surface area contributed by atoms with Gasteiger partial charge in [0.1, 0.15) is 11.6 Å². The molecule has 1 rings (SSSR count). The maximum absolute atomic E-state index is 12.6. The summed E-state index contributed by atoms with van der Waals surface area (Å²) in [5.41, 5.74) is -1.36. The summed E-state index contributed by atoms with van der Waals surface area (Å²) in [4.78, 5) is 22.7. The third-order valence-electron chi connectivity index (χ3n) is 2.43. The van der Waals surface area contributed by atoms with E-state index in [1.165, 1.54) is 25.1 Å². The highest BCUT2D eigenvalue weighted by Crippen LogP contribution is 2.30. The van der Waals surface area contributed by atoms with Gasteiger partial charge in [-0.15, -0.1) is 13.2 Å². The minimum Gasteiger partial charge on any atom is -0.450 e. The molecule has 0 saturated carbocycles. The van der Waals surface area contributed by atoms with E-state index >= 15 is 0 Å². The van der Waals surface area contributed by atoms with Gasteiger partial charge in [0, 0.05) is 11.9 Å². The van der Waals surface area contributed by atoms with Crippen LogP contribution >= 0.6 is 0 Å². The van der Waals surface area contributed by atoms with Crippen LogP contribution in [0.5, 0.6) is 0 Å². The van der Waals surface area contributed by atoms with E-state index in [4.69, 9.17) is 5.26 Å². The summed E-state index contributed by atoms with van der Waals surface area (Å²) in [6.07, 6.45) is -4.65. The SMILES string of the molecule is C=C.CC.CCOC(=O)NC(=O)/C(C#N)=C\Nc1cccc(C(F)(F)F)c1. The number of nitriles is 1. The molecule has 0 aliphatic carbocycles. The molecule has 1 aromatic carbocycles. The number of ether oxygens (including phenoxy) is 1. The second-order valence-corrected chi connectivity index (χ2v) is 4.07. The van der Waals surface area contributed by atoms with Crippen LogP contribution < -0.4 is 10.6 Å². The Bertz CT molecular complexity index is 680. The smallest absolute Gasteiger partial charge is 0.416 e. The number of carbonyl (C=O) groups is 2. The average molecular weight is 385 g/mol. The number of alkyl halides is 3. The van der Waals surface area contributed by atoms with E-state index in [1.807, 2.05) is 13.8 Å². The zero-order valence-corrected chi connectivity index (χ0v) is 15.3. The molecule has 0 unspecified atom stereocenters. The van der Waals surface area contributed by atoms with Gasteiger partial charge in [-0.1, -0.05) is 19.9 Å². The van der Waals surface area contributed by atoms with Gasteiger partial charge < -0.3 is 10.1 Å². The Hall–Kier alpha value is -3.28. The Balaban J connectivity index is 0. The maximum atomic E-state index is 12.6. The van der Waals surface area contributed by atoms with Crippen LogP contribution in [0, 0.1) is 11.3 Å². The third kappa shape index (κ3) is 10.3. The van der Waals surface area contributed by atoms with Gasteiger partial charge in [-0.05, 0) is 25.1 Å². The monoisotopic (exact) mass is 385 g/mol. The van der Waals surface area contributed by atoms with E-state index in [9.17, 15) is 22.8 Å². The van der Waals surface area contributed by atoms with E-state index < -0.39 is 29.3 Å². The summed E-state index contributed by atoms with van der Waals surface area (Å²) in [6.45, 7) is 11.6. The highest BCUT2D eigenvalue weighted by Gasteiger charge is 2.30. The molecule has 0 aliphatic heterocycles. The molecule has 6 nitrogen and oxygen atoms in total. The number of hydrogen-bond acceptors (Lipinski definition) is 5. The van der Waals surface area contributed by atoms with Crippen LogP contribution in [0.1, 0.15) is 26.3 Å². The second-order valence-electron chi connectivity index (χ2n) is 4.07. The van der Waals surface area contributed by atoms with Gasteiger partial charge in [0.05, 0.1) is 12.2 Å². The lowest BCUT2D eigenvalue weighted by molar-refractivity contribution is -0.137. The van der Waals surface area contributed by atoms with Crippen molar-refractivity contribution in [3.63, 3.8) is 0 Å². The van der Waals surface area contributed by atoms with E-state index in [1.54, 1.807) is 5.32 Å². The van der Waals surface area contributed by atoms with Crippen LogP contribution in [0.25, 0.3) is 0 Å². The number of rotatable bonds is 4. The fraction of sp³-hybridized carbons (Fsp3) is 0.278. The number of benzene rings is 1. The van der Waals surface area contributed by atoms with Crippen molar-refractivity contribution in [2.45, 2.75) is 26.9 Å². The van der Waals surface area contributed by atoms with E-state index in [-0.39, 0.29) is 12.3 Å². The molecule has 0 atom stereocenters. The molecule has 0 aromatic heterocycles. The van der Waals surface area contributed by atoms with Gasteiger partial charge in [-0.25, -0.2) is 4.79 Å². The zero-order valence-electron chi connectivity index (χ0n) is 15.3. The molecule has 0 fully saturated rings. The van der Waals surface area contributed by atoms with Crippen molar-refractivity contribution >= 4 is 17.7 Å². The van der Waals surface area contributed by atoms with Crippen molar-refractivity contribution in [1.29, 1.82) is 5.26 Å². The lowest BCUT2D eigenvalue weighted by Gasteiger charge is -2.08. The van der Waals surface area contributed by atoms with E-state index in [0.29, 0.717) is 0 Å². The quantitative estimate of drug-likeness (QED) is 0.448. The lowest BCUT2D eigenvalue weighted by atomic mass is 10.2. The molecule has 1 aromatic rings. The first-order chi connectivity index (χ1) is 12.8. The standard InChI is InChI=1S/C14H12F3N3O3.C2H6.C2H4/c1-2-23-13(22)20-12(21)9(7-18)8-19-11-5-3-4-10(6-11)14(15,16)17;2*1-2/h3-6,8,19H,2H2,1H3,(H,20,21,22);1-2H3;1-2H2/b9-8-;;. The molecule has 148 valence electrons. The summed E-state index contributed by atoms with van der Waals surface area (Å²) in [5, 5.41) is 13.0. The summed E-state index contributed by atoms with van der Waals surface area (Å²) < 4.78 is 42.2. The van der Waals surface area contributed by atoms with Crippen LogP contribution in [-0.2, 0) is 15.7 Å². The lowest BCUT2D eigenvalue weighted by Crippen LogP contribution is -2.32. The number of amides is 2. The van der Waals surface area contributed by atoms with Gasteiger partial charge in [-0.3, -0.25) is 10.1 Å². The second kappa shape index (κ2) is 13.9. The first-order valence-corrected chi connectivity index (χ1v) is 7.80. The largest absolute Gasteiger partial charge is 0.450 e. The highest BCUT2D eigenvalue weighted by molar-refractivity contribution is 6.05. The molecule has 0 aliphatic rings. The minimum absolute atomic E-state index is 0.0245. The van der Waals surface area contributed by atoms with E-state index in [0.717, 1.165) is 18.3 Å². The Morgan fingerprint density at radius 2 is 1.89 bits per heavy atom. The van der Waals surface area contributed by atoms with Gasteiger partial charge >= 0.3 is 12.3 Å². The fourth-order valence-corrected chi connectivity index (χ4v) is 1.42. The molecule has 0 heterocycles. The number of anilines is 1. The van der Waals surface area contributed by atoms with Crippen molar-refractivity contribution in [2.24, 2.45) is 0 Å². The molecule has 0 bridgehead atoms. The summed E-state index contributed by atoms with van der Waals surface area (Å²) in [6, 6.07) is 5.71. The van der Waals surface area contributed by atoms with Crippen LogP contribution in [0.4, 0.5) is 23.7 Å². The van der Waals surface area contributed by atoms with Crippen LogP contribution in [-0.4, -0.2) is 18.6 Å². The van der Waals surface area contributed by atoms with Gasteiger partial charge in [0.25, 0.3) is 5.91 Å². The van der Waals surface area contributed by atoms with Crippen molar-refractivity contribution in [3.8, 4) is 6.07 Å². The zero-order chi connectivity index (χ0) is 21.5. The number of nitrogens with zero attached hydrogens (tertiary/aromatic N) is 1. The number of hydrogen-bond donors (Lipinski definition) is 2. The van der Waals surface area contributed by atoms with Crippen molar-refractivity contribution in [1.82, 2.24) is 5.32 Å². The number of nitrogens with one attached hydrogen (secondary N) is 2. The molecule has 27 heavy (non-hydrogen) atoms. The molecule has 0 radical (unpaired) electrons. The summed E-state index contributed by atoms with van der Waals surface area (Å²) in [7, 11) is 0. The maximum Gasteiger partial charge on any atom is 0.416 e. The summed E-state index contributed by atoms with van der Waals surface area (Å²) in [5.74, 6) is -1.04. The normalized spacial score (nSPS) is 10.0. The molecule has 2 N–H and O–H groups in total. The average Bonchev–Trinajstić information content (AvgIpc) is 2.65. The Kier molecular flexibility index (Phi) is 13.4. The molecular formula is C18H22F3N3O3. The van der Waals surface area contributed by atoms with Crippen molar-refractivity contribution in [2.75, 3.05) is 11.9 Å². The van der Waals surface area contributed by atoms with Crippen LogP contribution in [0.2, 0.25) is 0 Å². The first kappa shape index (κ1) is 26.0. The molecule has 9 heteroatoms. The first-order valence-electron chi connectivity index (χ1n) is 7.80. The van der Waals surface area contributed by atoms with E-state index in [2.05, 4.69) is 23.2 Å². The molecule has 0 spiro atoms. The van der Waals surface area contributed by atoms with Crippen LogP contribution in [0.15, 0.2) is 49.2 Å². The Morgan fingerprint density at radius 1 is 1.30 bits per heavy atom. The molecule has 0 saturated heterocycles.